The van der Waals surface area contributed by atoms with Gasteiger partial charge >= 0.3 is 0 Å². The molecule has 102 valence electrons. The molecule has 0 saturated heterocycles. The first-order chi connectivity index (χ1) is 8.58. The SMILES string of the molecule is CCN(CC)C(=O)CCNCc1cc(Br)c(C)s1. The number of aryl methyl sites for hydroxylation is 1. The molecule has 0 spiro atoms. The van der Waals surface area contributed by atoms with Crippen molar-refractivity contribution in [1.82, 2.24) is 10.2 Å². The summed E-state index contributed by atoms with van der Waals surface area (Å²) < 4.78 is 1.17. The fourth-order valence-corrected chi connectivity index (χ4v) is 3.32. The summed E-state index contributed by atoms with van der Waals surface area (Å²) in [4.78, 5) is 16.2. The van der Waals surface area contributed by atoms with E-state index in [0.717, 1.165) is 26.2 Å². The average Bonchev–Trinajstić information content (AvgIpc) is 2.66. The van der Waals surface area contributed by atoms with E-state index < -0.39 is 0 Å². The summed E-state index contributed by atoms with van der Waals surface area (Å²) in [6.07, 6.45) is 0.577. The van der Waals surface area contributed by atoms with Crippen molar-refractivity contribution in [3.63, 3.8) is 0 Å². The number of nitrogens with zero attached hydrogens (tertiary/aromatic N) is 1. The maximum absolute atomic E-state index is 11.8. The van der Waals surface area contributed by atoms with Gasteiger partial charge in [0.1, 0.15) is 0 Å². The molecular weight excluding hydrogens is 312 g/mol. The lowest BCUT2D eigenvalue weighted by Gasteiger charge is -2.18. The second-order valence-electron chi connectivity index (χ2n) is 4.11. The standard InChI is InChI=1S/C13H21BrN2OS/c1-4-16(5-2)13(17)6-7-15-9-11-8-12(14)10(3)18-11/h8,15H,4-7,9H2,1-3H3. The Morgan fingerprint density at radius 2 is 2.11 bits per heavy atom. The Balaban J connectivity index is 2.24. The summed E-state index contributed by atoms with van der Waals surface area (Å²) in [6, 6.07) is 2.14. The van der Waals surface area contributed by atoms with E-state index >= 15 is 0 Å². The van der Waals surface area contributed by atoms with E-state index in [1.807, 2.05) is 18.7 Å². The van der Waals surface area contributed by atoms with Crippen molar-refractivity contribution in [3.8, 4) is 0 Å². The molecule has 1 N–H and O–H groups in total. The number of carbonyl (C=O) groups excluding carboxylic acids is 1. The van der Waals surface area contributed by atoms with Gasteiger partial charge < -0.3 is 10.2 Å². The molecule has 1 rings (SSSR count). The summed E-state index contributed by atoms with van der Waals surface area (Å²) in [5.41, 5.74) is 0. The number of rotatable bonds is 7. The van der Waals surface area contributed by atoms with Gasteiger partial charge in [0.25, 0.3) is 0 Å². The van der Waals surface area contributed by atoms with Crippen LogP contribution in [-0.2, 0) is 11.3 Å². The Morgan fingerprint density at radius 3 is 2.61 bits per heavy atom. The minimum atomic E-state index is 0.232. The molecule has 0 saturated carbocycles. The number of nitrogens with one attached hydrogen (secondary N) is 1. The van der Waals surface area contributed by atoms with Crippen LogP contribution in [0.3, 0.4) is 0 Å². The average molecular weight is 333 g/mol. The van der Waals surface area contributed by atoms with E-state index in [1.54, 1.807) is 11.3 Å². The molecule has 0 aliphatic rings. The molecule has 0 aliphatic carbocycles. The summed E-state index contributed by atoms with van der Waals surface area (Å²) >= 11 is 5.29. The molecule has 3 nitrogen and oxygen atoms in total. The lowest BCUT2D eigenvalue weighted by molar-refractivity contribution is -0.130. The highest BCUT2D eigenvalue weighted by Crippen LogP contribution is 2.25. The van der Waals surface area contributed by atoms with Crippen LogP contribution in [0.5, 0.6) is 0 Å². The number of amides is 1. The molecule has 5 heteroatoms. The molecule has 0 radical (unpaired) electrons. The maximum Gasteiger partial charge on any atom is 0.223 e. The third-order valence-corrected chi connectivity index (χ3v) is 4.98. The third-order valence-electron chi connectivity index (χ3n) is 2.84. The Labute approximate surface area is 122 Å². The van der Waals surface area contributed by atoms with Crippen LogP contribution in [0.25, 0.3) is 0 Å². The van der Waals surface area contributed by atoms with E-state index in [2.05, 4.69) is 34.2 Å². The number of thiophene rings is 1. The van der Waals surface area contributed by atoms with E-state index in [9.17, 15) is 4.79 Å². The zero-order valence-corrected chi connectivity index (χ0v) is 13.7. The highest BCUT2D eigenvalue weighted by atomic mass is 79.9. The largest absolute Gasteiger partial charge is 0.343 e. The topological polar surface area (TPSA) is 32.3 Å². The van der Waals surface area contributed by atoms with Gasteiger partial charge in [-0.2, -0.15) is 0 Å². The Bertz CT molecular complexity index is 369. The van der Waals surface area contributed by atoms with Crippen LogP contribution in [0.15, 0.2) is 10.5 Å². The highest BCUT2D eigenvalue weighted by molar-refractivity contribution is 9.10. The highest BCUT2D eigenvalue weighted by Gasteiger charge is 2.08. The predicted molar refractivity (Wildman–Crippen MR) is 81.0 cm³/mol. The van der Waals surface area contributed by atoms with Crippen LogP contribution in [0, 0.1) is 6.92 Å². The van der Waals surface area contributed by atoms with Crippen molar-refractivity contribution in [1.29, 1.82) is 0 Å². The van der Waals surface area contributed by atoms with Gasteiger partial charge in [-0.1, -0.05) is 0 Å². The second-order valence-corrected chi connectivity index (χ2v) is 6.30. The smallest absolute Gasteiger partial charge is 0.223 e. The molecule has 0 fully saturated rings. The molecule has 1 aromatic rings. The lowest BCUT2D eigenvalue weighted by atomic mass is 10.3. The molecule has 18 heavy (non-hydrogen) atoms. The Hall–Kier alpha value is -0.390. The van der Waals surface area contributed by atoms with Gasteiger partial charge in [0.2, 0.25) is 5.91 Å². The van der Waals surface area contributed by atoms with Gasteiger partial charge in [0.05, 0.1) is 0 Å². The molecule has 0 atom stereocenters. The van der Waals surface area contributed by atoms with Crippen LogP contribution in [-0.4, -0.2) is 30.4 Å². The Morgan fingerprint density at radius 1 is 1.44 bits per heavy atom. The van der Waals surface area contributed by atoms with Gasteiger partial charge in [-0.15, -0.1) is 11.3 Å². The zero-order chi connectivity index (χ0) is 13.5. The Kier molecular flexibility index (Phi) is 6.89. The van der Waals surface area contributed by atoms with Gasteiger partial charge in [0, 0.05) is 46.8 Å². The first-order valence-electron chi connectivity index (χ1n) is 6.31. The van der Waals surface area contributed by atoms with Crippen molar-refractivity contribution in [2.45, 2.75) is 33.7 Å². The molecule has 0 aliphatic heterocycles. The minimum absolute atomic E-state index is 0.232. The molecule has 1 heterocycles. The fraction of sp³-hybridized carbons (Fsp3) is 0.615. The van der Waals surface area contributed by atoms with Crippen LogP contribution in [0.4, 0.5) is 0 Å². The fourth-order valence-electron chi connectivity index (χ4n) is 1.75. The molecule has 1 amide bonds. The van der Waals surface area contributed by atoms with E-state index in [-0.39, 0.29) is 5.91 Å². The third kappa shape index (κ3) is 4.71. The van der Waals surface area contributed by atoms with Crippen LogP contribution in [0.2, 0.25) is 0 Å². The summed E-state index contributed by atoms with van der Waals surface area (Å²) in [6.45, 7) is 9.30. The lowest BCUT2D eigenvalue weighted by Crippen LogP contribution is -2.32. The van der Waals surface area contributed by atoms with E-state index in [1.165, 1.54) is 14.2 Å². The molecule has 0 unspecified atom stereocenters. The monoisotopic (exact) mass is 332 g/mol. The quantitative estimate of drug-likeness (QED) is 0.778. The van der Waals surface area contributed by atoms with E-state index in [4.69, 9.17) is 0 Å². The van der Waals surface area contributed by atoms with Crippen molar-refractivity contribution in [2.24, 2.45) is 0 Å². The van der Waals surface area contributed by atoms with Crippen LogP contribution in [0.1, 0.15) is 30.0 Å². The van der Waals surface area contributed by atoms with Gasteiger partial charge in [-0.05, 0) is 42.8 Å². The van der Waals surface area contributed by atoms with E-state index in [0.29, 0.717) is 6.42 Å². The first-order valence-corrected chi connectivity index (χ1v) is 7.92. The summed E-state index contributed by atoms with van der Waals surface area (Å²) in [5, 5.41) is 3.32. The normalized spacial score (nSPS) is 10.7. The van der Waals surface area contributed by atoms with Gasteiger partial charge in [-0.25, -0.2) is 0 Å². The first kappa shape index (κ1) is 15.7. The van der Waals surface area contributed by atoms with Crippen LogP contribution >= 0.6 is 27.3 Å². The van der Waals surface area contributed by atoms with Crippen molar-refractivity contribution >= 4 is 33.2 Å². The summed E-state index contributed by atoms with van der Waals surface area (Å²) in [7, 11) is 0. The number of halogens is 1. The van der Waals surface area contributed by atoms with Crippen molar-refractivity contribution in [2.75, 3.05) is 19.6 Å². The van der Waals surface area contributed by atoms with Crippen molar-refractivity contribution < 1.29 is 4.79 Å². The number of carbonyl (C=O) groups is 1. The van der Waals surface area contributed by atoms with Gasteiger partial charge in [0.15, 0.2) is 0 Å². The zero-order valence-electron chi connectivity index (χ0n) is 11.3. The molecule has 1 aromatic heterocycles. The molecule has 0 bridgehead atoms. The number of hydrogen-bond acceptors (Lipinski definition) is 3. The molecule has 0 aromatic carbocycles. The second kappa shape index (κ2) is 7.92. The van der Waals surface area contributed by atoms with Crippen molar-refractivity contribution in [3.05, 3.63) is 20.3 Å². The number of hydrogen-bond donors (Lipinski definition) is 1. The minimum Gasteiger partial charge on any atom is -0.343 e. The van der Waals surface area contributed by atoms with Gasteiger partial charge in [-0.3, -0.25) is 4.79 Å². The van der Waals surface area contributed by atoms with Crippen LogP contribution < -0.4 is 5.32 Å². The predicted octanol–water partition coefficient (Wildman–Crippen LogP) is 3.17. The maximum atomic E-state index is 11.8. The molecular formula is C13H21BrN2OS. The summed E-state index contributed by atoms with van der Waals surface area (Å²) in [5.74, 6) is 0.232.